The largest absolute Gasteiger partial charge is 0.493 e. The van der Waals surface area contributed by atoms with Gasteiger partial charge < -0.3 is 10.2 Å². The number of amidine groups is 1. The highest BCUT2D eigenvalue weighted by molar-refractivity contribution is 6.00. The van der Waals surface area contributed by atoms with Crippen molar-refractivity contribution in [3.8, 4) is 5.75 Å². The fourth-order valence-electron chi connectivity index (χ4n) is 2.34. The average Bonchev–Trinajstić information content (AvgIpc) is 2.90. The number of ether oxygens (including phenoxy) is 1. The van der Waals surface area contributed by atoms with Gasteiger partial charge in [0.05, 0.1) is 18.2 Å². The van der Waals surface area contributed by atoms with Gasteiger partial charge in [0.15, 0.2) is 0 Å². The van der Waals surface area contributed by atoms with Crippen molar-refractivity contribution in [2.75, 3.05) is 6.61 Å². The Labute approximate surface area is 108 Å². The van der Waals surface area contributed by atoms with Gasteiger partial charge in [0.1, 0.15) is 11.6 Å². The van der Waals surface area contributed by atoms with E-state index in [1.165, 1.54) is 12.8 Å². The molecule has 1 aromatic carbocycles. The van der Waals surface area contributed by atoms with E-state index in [0.717, 1.165) is 30.0 Å². The molecule has 1 aliphatic carbocycles. The lowest BCUT2D eigenvalue weighted by atomic mass is 10.1. The molecule has 98 valence electrons. The van der Waals surface area contributed by atoms with Gasteiger partial charge in [-0.25, -0.2) is 5.84 Å². The Morgan fingerprint density at radius 1 is 1.39 bits per heavy atom. The standard InChI is InChI=1S/C14H21N3O/c1-2-18-13-10-6-5-9-12(13)14(17-15)16-11-7-3-4-8-11/h5-6,9-11H,2-4,7-8,15H2,1H3,(H,16,17). The molecular formula is C14H21N3O. The monoisotopic (exact) mass is 247 g/mol. The molecule has 0 aliphatic heterocycles. The van der Waals surface area contributed by atoms with Crippen LogP contribution in [-0.4, -0.2) is 18.5 Å². The summed E-state index contributed by atoms with van der Waals surface area (Å²) in [6, 6.07) is 8.25. The highest BCUT2D eigenvalue weighted by atomic mass is 16.5. The van der Waals surface area contributed by atoms with Crippen molar-refractivity contribution in [3.63, 3.8) is 0 Å². The van der Waals surface area contributed by atoms with Crippen LogP contribution < -0.4 is 16.0 Å². The molecule has 0 bridgehead atoms. The molecule has 0 atom stereocenters. The topological polar surface area (TPSA) is 59.6 Å². The fourth-order valence-corrected chi connectivity index (χ4v) is 2.34. The lowest BCUT2D eigenvalue weighted by Gasteiger charge is -2.13. The Bertz CT molecular complexity index is 411. The fraction of sp³-hybridized carbons (Fsp3) is 0.500. The third-order valence-electron chi connectivity index (χ3n) is 3.22. The minimum absolute atomic E-state index is 0.394. The van der Waals surface area contributed by atoms with Gasteiger partial charge in [-0.2, -0.15) is 0 Å². The third-order valence-corrected chi connectivity index (χ3v) is 3.22. The second-order valence-electron chi connectivity index (χ2n) is 4.49. The van der Waals surface area contributed by atoms with Crippen molar-refractivity contribution >= 4 is 5.84 Å². The number of benzene rings is 1. The highest BCUT2D eigenvalue weighted by Crippen LogP contribution is 2.23. The highest BCUT2D eigenvalue weighted by Gasteiger charge is 2.16. The first kappa shape index (κ1) is 12.9. The smallest absolute Gasteiger partial charge is 0.146 e. The van der Waals surface area contributed by atoms with Gasteiger partial charge in [0, 0.05) is 0 Å². The van der Waals surface area contributed by atoms with Gasteiger partial charge in [-0.15, -0.1) is 0 Å². The zero-order valence-corrected chi connectivity index (χ0v) is 10.9. The number of nitrogens with zero attached hydrogens (tertiary/aromatic N) is 1. The van der Waals surface area contributed by atoms with Crippen LogP contribution in [0.15, 0.2) is 29.3 Å². The average molecular weight is 247 g/mol. The van der Waals surface area contributed by atoms with Crippen molar-refractivity contribution in [1.29, 1.82) is 0 Å². The number of hydrazine groups is 1. The summed E-state index contributed by atoms with van der Waals surface area (Å²) in [6.45, 7) is 2.61. The Kier molecular flexibility index (Phi) is 4.59. The van der Waals surface area contributed by atoms with Crippen molar-refractivity contribution in [2.45, 2.75) is 38.6 Å². The number of rotatable bonds is 4. The van der Waals surface area contributed by atoms with E-state index in [0.29, 0.717) is 12.6 Å². The summed E-state index contributed by atoms with van der Waals surface area (Å²) < 4.78 is 5.61. The van der Waals surface area contributed by atoms with Crippen molar-refractivity contribution in [3.05, 3.63) is 29.8 Å². The van der Waals surface area contributed by atoms with Crippen molar-refractivity contribution in [2.24, 2.45) is 10.8 Å². The van der Waals surface area contributed by atoms with Crippen LogP contribution in [0.1, 0.15) is 38.2 Å². The zero-order chi connectivity index (χ0) is 12.8. The van der Waals surface area contributed by atoms with Crippen LogP contribution in [0.4, 0.5) is 0 Å². The minimum Gasteiger partial charge on any atom is -0.493 e. The first-order valence-electron chi connectivity index (χ1n) is 6.61. The van der Waals surface area contributed by atoms with Gasteiger partial charge in [-0.1, -0.05) is 25.0 Å². The molecule has 2 rings (SSSR count). The predicted molar refractivity (Wildman–Crippen MR) is 73.7 cm³/mol. The molecule has 0 radical (unpaired) electrons. The summed E-state index contributed by atoms with van der Waals surface area (Å²) in [5.41, 5.74) is 3.65. The van der Waals surface area contributed by atoms with Crippen LogP contribution >= 0.6 is 0 Å². The van der Waals surface area contributed by atoms with Crippen LogP contribution in [0.25, 0.3) is 0 Å². The van der Waals surface area contributed by atoms with E-state index in [1.54, 1.807) is 0 Å². The lowest BCUT2D eigenvalue weighted by Crippen LogP contribution is -2.32. The molecule has 0 amide bonds. The number of hydrogen-bond donors (Lipinski definition) is 2. The molecule has 1 aromatic rings. The van der Waals surface area contributed by atoms with Crippen LogP contribution in [0.2, 0.25) is 0 Å². The maximum Gasteiger partial charge on any atom is 0.146 e. The van der Waals surface area contributed by atoms with E-state index in [2.05, 4.69) is 5.43 Å². The Morgan fingerprint density at radius 2 is 2.11 bits per heavy atom. The Morgan fingerprint density at radius 3 is 2.78 bits per heavy atom. The normalized spacial score (nSPS) is 16.9. The van der Waals surface area contributed by atoms with E-state index in [9.17, 15) is 0 Å². The first-order chi connectivity index (χ1) is 8.85. The molecule has 1 fully saturated rings. The molecule has 0 saturated heterocycles. The van der Waals surface area contributed by atoms with Crippen molar-refractivity contribution < 1.29 is 4.74 Å². The van der Waals surface area contributed by atoms with E-state index in [1.807, 2.05) is 31.2 Å². The molecule has 0 unspecified atom stereocenters. The number of para-hydroxylation sites is 1. The summed E-state index contributed by atoms with van der Waals surface area (Å²) in [4.78, 5) is 4.71. The summed E-state index contributed by atoms with van der Waals surface area (Å²) in [6.07, 6.45) is 4.84. The van der Waals surface area contributed by atoms with E-state index in [4.69, 9.17) is 15.6 Å². The third kappa shape index (κ3) is 3.01. The predicted octanol–water partition coefficient (Wildman–Crippen LogP) is 2.24. The van der Waals surface area contributed by atoms with Gasteiger partial charge in [-0.05, 0) is 31.9 Å². The second kappa shape index (κ2) is 6.40. The number of hydrogen-bond acceptors (Lipinski definition) is 3. The van der Waals surface area contributed by atoms with Crippen LogP contribution in [0.5, 0.6) is 5.75 Å². The second-order valence-corrected chi connectivity index (χ2v) is 4.49. The quantitative estimate of drug-likeness (QED) is 0.371. The minimum atomic E-state index is 0.394. The van der Waals surface area contributed by atoms with Gasteiger partial charge in [0.25, 0.3) is 0 Å². The van der Waals surface area contributed by atoms with Crippen LogP contribution in [0, 0.1) is 0 Å². The molecule has 0 heterocycles. The summed E-state index contributed by atoms with van der Waals surface area (Å²) >= 11 is 0. The summed E-state index contributed by atoms with van der Waals surface area (Å²) in [7, 11) is 0. The molecule has 0 spiro atoms. The maximum atomic E-state index is 5.61. The van der Waals surface area contributed by atoms with Gasteiger partial charge >= 0.3 is 0 Å². The summed E-state index contributed by atoms with van der Waals surface area (Å²) in [5.74, 6) is 7.17. The first-order valence-corrected chi connectivity index (χ1v) is 6.61. The Balaban J connectivity index is 2.25. The number of nitrogens with two attached hydrogens (primary N) is 1. The lowest BCUT2D eigenvalue weighted by molar-refractivity contribution is 0.339. The van der Waals surface area contributed by atoms with E-state index in [-0.39, 0.29) is 0 Å². The Hall–Kier alpha value is -1.55. The molecule has 4 heteroatoms. The van der Waals surface area contributed by atoms with E-state index >= 15 is 0 Å². The molecule has 4 nitrogen and oxygen atoms in total. The van der Waals surface area contributed by atoms with Crippen LogP contribution in [0.3, 0.4) is 0 Å². The zero-order valence-electron chi connectivity index (χ0n) is 10.9. The molecule has 1 aliphatic rings. The maximum absolute atomic E-state index is 5.61. The molecule has 3 N–H and O–H groups in total. The van der Waals surface area contributed by atoms with Gasteiger partial charge in [0.2, 0.25) is 0 Å². The van der Waals surface area contributed by atoms with Crippen molar-refractivity contribution in [1.82, 2.24) is 5.43 Å². The van der Waals surface area contributed by atoms with Crippen LogP contribution in [-0.2, 0) is 0 Å². The number of aliphatic imine (C=N–C) groups is 1. The molecule has 18 heavy (non-hydrogen) atoms. The molecule has 1 saturated carbocycles. The summed E-state index contributed by atoms with van der Waals surface area (Å²) in [5, 5.41) is 0. The SMILES string of the molecule is CCOc1ccccc1C(=NC1CCCC1)NN. The number of nitrogens with one attached hydrogen (secondary N) is 1. The van der Waals surface area contributed by atoms with E-state index < -0.39 is 0 Å². The molecular weight excluding hydrogens is 226 g/mol. The molecule has 0 aromatic heterocycles. The van der Waals surface area contributed by atoms with Gasteiger partial charge in [-0.3, -0.25) is 4.99 Å².